The highest BCUT2D eigenvalue weighted by Gasteiger charge is 2.13. The zero-order valence-corrected chi connectivity index (χ0v) is 8.79. The second-order valence-electron chi connectivity index (χ2n) is 2.85. The summed E-state index contributed by atoms with van der Waals surface area (Å²) in [6.07, 6.45) is 2.11. The topological polar surface area (TPSA) is 63.6 Å². The Morgan fingerprint density at radius 1 is 1.25 bits per heavy atom. The molecule has 2 heterocycles. The predicted molar refractivity (Wildman–Crippen MR) is 54.2 cm³/mol. The second kappa shape index (κ2) is 4.88. The maximum atomic E-state index is 12.2. The normalized spacial score (nSPS) is 10.7. The molecule has 0 aliphatic rings. The minimum Gasteiger partial charge on any atom is -0.356 e. The molecule has 0 spiro atoms. The standard InChI is InChI=1S/C8H7F2N5S/c9-6(10)7-14-15-8(16-7)13-3-5-1-11-4-12-2-5/h1-2,4,6H,3H2,(H,13,15). The zero-order chi connectivity index (χ0) is 11.4. The highest BCUT2D eigenvalue weighted by Crippen LogP contribution is 2.25. The molecule has 84 valence electrons. The third-order valence-corrected chi connectivity index (χ3v) is 2.57. The van der Waals surface area contributed by atoms with Gasteiger partial charge in [-0.2, -0.15) is 0 Å². The molecule has 0 aliphatic heterocycles. The lowest BCUT2D eigenvalue weighted by molar-refractivity contribution is 0.150. The van der Waals surface area contributed by atoms with E-state index >= 15 is 0 Å². The van der Waals surface area contributed by atoms with Crippen LogP contribution in [0.3, 0.4) is 0 Å². The largest absolute Gasteiger partial charge is 0.356 e. The van der Waals surface area contributed by atoms with Gasteiger partial charge in [0.2, 0.25) is 5.13 Å². The van der Waals surface area contributed by atoms with Gasteiger partial charge in [0.05, 0.1) is 0 Å². The summed E-state index contributed by atoms with van der Waals surface area (Å²) < 4.78 is 24.4. The first-order valence-corrected chi connectivity index (χ1v) is 5.16. The lowest BCUT2D eigenvalue weighted by Crippen LogP contribution is -1.99. The molecular weight excluding hydrogens is 236 g/mol. The van der Waals surface area contributed by atoms with Crippen molar-refractivity contribution in [2.75, 3.05) is 5.32 Å². The Bertz CT molecular complexity index is 447. The van der Waals surface area contributed by atoms with Crippen LogP contribution in [0.2, 0.25) is 0 Å². The molecule has 16 heavy (non-hydrogen) atoms. The fraction of sp³-hybridized carbons (Fsp3) is 0.250. The molecule has 0 amide bonds. The minimum atomic E-state index is -2.58. The van der Waals surface area contributed by atoms with Crippen LogP contribution in [0.4, 0.5) is 13.9 Å². The van der Waals surface area contributed by atoms with Gasteiger partial charge >= 0.3 is 0 Å². The van der Waals surface area contributed by atoms with E-state index < -0.39 is 6.43 Å². The van der Waals surface area contributed by atoms with Crippen LogP contribution in [-0.4, -0.2) is 20.2 Å². The van der Waals surface area contributed by atoms with Crippen LogP contribution < -0.4 is 5.32 Å². The second-order valence-corrected chi connectivity index (χ2v) is 3.86. The van der Waals surface area contributed by atoms with E-state index in [-0.39, 0.29) is 5.01 Å². The molecule has 2 rings (SSSR count). The lowest BCUT2D eigenvalue weighted by atomic mass is 10.3. The van der Waals surface area contributed by atoms with Crippen LogP contribution in [0.1, 0.15) is 17.0 Å². The van der Waals surface area contributed by atoms with E-state index in [9.17, 15) is 8.78 Å². The molecule has 1 N–H and O–H groups in total. The molecule has 0 radical (unpaired) electrons. The number of anilines is 1. The molecule has 0 saturated carbocycles. The number of rotatable bonds is 4. The van der Waals surface area contributed by atoms with Crippen molar-refractivity contribution in [2.45, 2.75) is 13.0 Å². The molecular formula is C8H7F2N5S. The van der Waals surface area contributed by atoms with Gasteiger partial charge in [-0.05, 0) is 0 Å². The van der Waals surface area contributed by atoms with Crippen LogP contribution in [-0.2, 0) is 6.54 Å². The van der Waals surface area contributed by atoms with Gasteiger partial charge in [-0.3, -0.25) is 0 Å². The van der Waals surface area contributed by atoms with Gasteiger partial charge in [0, 0.05) is 24.5 Å². The summed E-state index contributed by atoms with van der Waals surface area (Å²) in [6, 6.07) is 0. The Kier molecular flexibility index (Phi) is 3.30. The van der Waals surface area contributed by atoms with E-state index in [1.807, 2.05) is 0 Å². The van der Waals surface area contributed by atoms with Crippen molar-refractivity contribution in [1.82, 2.24) is 20.2 Å². The summed E-state index contributed by atoms with van der Waals surface area (Å²) in [5.74, 6) is 0. The average Bonchev–Trinajstić information content (AvgIpc) is 2.76. The first kappa shape index (κ1) is 10.8. The summed E-state index contributed by atoms with van der Waals surface area (Å²) >= 11 is 0.836. The number of alkyl halides is 2. The fourth-order valence-electron chi connectivity index (χ4n) is 0.993. The lowest BCUT2D eigenvalue weighted by Gasteiger charge is -1.99. The van der Waals surface area contributed by atoms with Crippen molar-refractivity contribution >= 4 is 16.5 Å². The van der Waals surface area contributed by atoms with Gasteiger partial charge in [0.1, 0.15) is 6.33 Å². The molecule has 0 bridgehead atoms. The molecule has 2 aromatic rings. The fourth-order valence-corrected chi connectivity index (χ4v) is 1.59. The maximum absolute atomic E-state index is 12.2. The smallest absolute Gasteiger partial charge is 0.291 e. The van der Waals surface area contributed by atoms with Crippen molar-refractivity contribution in [1.29, 1.82) is 0 Å². The van der Waals surface area contributed by atoms with Crippen LogP contribution in [0.25, 0.3) is 0 Å². The first-order chi connectivity index (χ1) is 7.75. The molecule has 0 unspecified atom stereocenters. The maximum Gasteiger partial charge on any atom is 0.291 e. The molecule has 0 atom stereocenters. The van der Waals surface area contributed by atoms with Crippen LogP contribution in [0.5, 0.6) is 0 Å². The molecule has 8 heteroatoms. The summed E-state index contributed by atoms with van der Waals surface area (Å²) in [6.45, 7) is 0.429. The summed E-state index contributed by atoms with van der Waals surface area (Å²) in [7, 11) is 0. The number of nitrogens with one attached hydrogen (secondary N) is 1. The number of halogens is 2. The minimum absolute atomic E-state index is 0.285. The van der Waals surface area contributed by atoms with E-state index in [4.69, 9.17) is 0 Å². The van der Waals surface area contributed by atoms with Crippen LogP contribution in [0, 0.1) is 0 Å². The molecule has 0 aromatic carbocycles. The summed E-state index contributed by atoms with van der Waals surface area (Å²) in [4.78, 5) is 7.65. The Hall–Kier alpha value is -1.70. The highest BCUT2D eigenvalue weighted by atomic mass is 32.1. The molecule has 0 saturated heterocycles. The van der Waals surface area contributed by atoms with Gasteiger partial charge in [0.25, 0.3) is 6.43 Å². The Morgan fingerprint density at radius 2 is 2.00 bits per heavy atom. The molecule has 2 aromatic heterocycles. The SMILES string of the molecule is FC(F)c1nnc(NCc2cncnc2)s1. The average molecular weight is 243 g/mol. The quantitative estimate of drug-likeness (QED) is 0.888. The molecule has 5 nitrogen and oxygen atoms in total. The van der Waals surface area contributed by atoms with Crippen molar-refractivity contribution in [3.8, 4) is 0 Å². The molecule has 0 fully saturated rings. The zero-order valence-electron chi connectivity index (χ0n) is 7.97. The predicted octanol–water partition coefficient (Wildman–Crippen LogP) is 1.88. The highest BCUT2D eigenvalue weighted by molar-refractivity contribution is 7.15. The van der Waals surface area contributed by atoms with Gasteiger partial charge in [0.15, 0.2) is 5.01 Å². The third-order valence-electron chi connectivity index (χ3n) is 1.69. The van der Waals surface area contributed by atoms with Crippen molar-refractivity contribution in [3.05, 3.63) is 29.3 Å². The van der Waals surface area contributed by atoms with E-state index in [1.165, 1.54) is 6.33 Å². The molecule has 0 aliphatic carbocycles. The van der Waals surface area contributed by atoms with E-state index in [2.05, 4.69) is 25.5 Å². The summed E-state index contributed by atoms with van der Waals surface area (Å²) in [5, 5.41) is 9.88. The first-order valence-electron chi connectivity index (χ1n) is 4.35. The monoisotopic (exact) mass is 243 g/mol. The van der Waals surface area contributed by atoms with Gasteiger partial charge in [-0.1, -0.05) is 11.3 Å². The van der Waals surface area contributed by atoms with E-state index in [0.29, 0.717) is 11.7 Å². The van der Waals surface area contributed by atoms with Crippen molar-refractivity contribution in [3.63, 3.8) is 0 Å². The van der Waals surface area contributed by atoms with Crippen molar-refractivity contribution in [2.24, 2.45) is 0 Å². The number of nitrogens with zero attached hydrogens (tertiary/aromatic N) is 4. The van der Waals surface area contributed by atoms with Crippen LogP contribution in [0.15, 0.2) is 18.7 Å². The number of hydrogen-bond acceptors (Lipinski definition) is 6. The van der Waals surface area contributed by atoms with Gasteiger partial charge in [-0.25, -0.2) is 18.7 Å². The Balaban J connectivity index is 1.95. The summed E-state index contributed by atoms with van der Waals surface area (Å²) in [5.41, 5.74) is 0.844. The third kappa shape index (κ3) is 2.66. The van der Waals surface area contributed by atoms with Crippen molar-refractivity contribution < 1.29 is 8.78 Å². The van der Waals surface area contributed by atoms with E-state index in [1.54, 1.807) is 12.4 Å². The van der Waals surface area contributed by atoms with Gasteiger partial charge in [-0.15, -0.1) is 10.2 Å². The number of aromatic nitrogens is 4. The van der Waals surface area contributed by atoms with E-state index in [0.717, 1.165) is 16.9 Å². The van der Waals surface area contributed by atoms with Gasteiger partial charge < -0.3 is 5.32 Å². The Labute approximate surface area is 93.6 Å². The van der Waals surface area contributed by atoms with Crippen LogP contribution >= 0.6 is 11.3 Å². The Morgan fingerprint density at radius 3 is 2.62 bits per heavy atom. The number of hydrogen-bond donors (Lipinski definition) is 1.